The SMILES string of the molecule is Cc1onc2c1C(=O)N(C(C)(C)C)C2=O. The van der Waals surface area contributed by atoms with Gasteiger partial charge in [-0.05, 0) is 27.7 Å². The third-order valence-corrected chi connectivity index (χ3v) is 2.36. The molecule has 1 aliphatic heterocycles. The van der Waals surface area contributed by atoms with Crippen LogP contribution in [-0.2, 0) is 0 Å². The van der Waals surface area contributed by atoms with Gasteiger partial charge in [0.05, 0.1) is 0 Å². The summed E-state index contributed by atoms with van der Waals surface area (Å²) in [7, 11) is 0. The van der Waals surface area contributed by atoms with E-state index in [0.29, 0.717) is 11.3 Å². The molecule has 80 valence electrons. The van der Waals surface area contributed by atoms with E-state index in [1.165, 1.54) is 4.90 Å². The molecule has 15 heavy (non-hydrogen) atoms. The quantitative estimate of drug-likeness (QED) is 0.604. The first-order valence-corrected chi connectivity index (χ1v) is 4.69. The number of carbonyl (C=O) groups excluding carboxylic acids is 2. The molecule has 1 aromatic heterocycles. The van der Waals surface area contributed by atoms with E-state index in [0.717, 1.165) is 0 Å². The Labute approximate surface area is 87.0 Å². The molecular weight excluding hydrogens is 196 g/mol. The van der Waals surface area contributed by atoms with Crippen LogP contribution in [0.3, 0.4) is 0 Å². The highest BCUT2D eigenvalue weighted by atomic mass is 16.5. The Morgan fingerprint density at radius 3 is 2.27 bits per heavy atom. The first-order valence-electron chi connectivity index (χ1n) is 4.69. The van der Waals surface area contributed by atoms with Crippen LogP contribution in [-0.4, -0.2) is 27.4 Å². The van der Waals surface area contributed by atoms with Crippen LogP contribution in [0.1, 0.15) is 47.4 Å². The van der Waals surface area contributed by atoms with E-state index in [9.17, 15) is 9.59 Å². The maximum atomic E-state index is 11.9. The molecule has 1 aromatic rings. The first kappa shape index (κ1) is 9.89. The summed E-state index contributed by atoms with van der Waals surface area (Å²) in [5.74, 6) is -0.296. The second kappa shape index (κ2) is 2.68. The second-order valence-corrected chi connectivity index (χ2v) is 4.58. The van der Waals surface area contributed by atoms with E-state index in [2.05, 4.69) is 5.16 Å². The zero-order valence-electron chi connectivity index (χ0n) is 9.12. The van der Waals surface area contributed by atoms with E-state index in [1.807, 2.05) is 0 Å². The Morgan fingerprint density at radius 1 is 1.20 bits per heavy atom. The molecule has 1 aliphatic rings. The van der Waals surface area contributed by atoms with Crippen LogP contribution in [0, 0.1) is 6.92 Å². The number of amides is 2. The lowest BCUT2D eigenvalue weighted by molar-refractivity contribution is 0.0497. The van der Waals surface area contributed by atoms with E-state index in [4.69, 9.17) is 4.52 Å². The number of aromatic nitrogens is 1. The van der Waals surface area contributed by atoms with Crippen molar-refractivity contribution in [2.45, 2.75) is 33.2 Å². The smallest absolute Gasteiger partial charge is 0.284 e. The molecule has 0 saturated carbocycles. The van der Waals surface area contributed by atoms with Gasteiger partial charge in [-0.3, -0.25) is 14.5 Å². The van der Waals surface area contributed by atoms with Gasteiger partial charge in [0, 0.05) is 5.54 Å². The topological polar surface area (TPSA) is 63.4 Å². The predicted octanol–water partition coefficient (Wildman–Crippen LogP) is 1.38. The molecule has 0 N–H and O–H groups in total. The molecule has 5 nitrogen and oxygen atoms in total. The number of imide groups is 1. The third kappa shape index (κ3) is 1.19. The Balaban J connectivity index is 2.56. The summed E-state index contributed by atoms with van der Waals surface area (Å²) in [5, 5.41) is 3.60. The molecule has 0 radical (unpaired) electrons. The van der Waals surface area contributed by atoms with E-state index in [1.54, 1.807) is 27.7 Å². The van der Waals surface area contributed by atoms with Gasteiger partial charge in [0.25, 0.3) is 11.8 Å². The molecule has 0 fully saturated rings. The van der Waals surface area contributed by atoms with Crippen molar-refractivity contribution >= 4 is 11.8 Å². The van der Waals surface area contributed by atoms with Crippen molar-refractivity contribution in [3.63, 3.8) is 0 Å². The average Bonchev–Trinajstić information content (AvgIpc) is 2.54. The van der Waals surface area contributed by atoms with Crippen molar-refractivity contribution in [2.75, 3.05) is 0 Å². The summed E-state index contributed by atoms with van der Waals surface area (Å²) in [6.07, 6.45) is 0. The first-order chi connectivity index (χ1) is 6.84. The number of aryl methyl sites for hydroxylation is 1. The fourth-order valence-electron chi connectivity index (χ4n) is 1.69. The maximum absolute atomic E-state index is 11.9. The number of hydrogen-bond donors (Lipinski definition) is 0. The zero-order chi connectivity index (χ0) is 11.4. The van der Waals surface area contributed by atoms with Gasteiger partial charge in [-0.25, -0.2) is 0 Å². The zero-order valence-corrected chi connectivity index (χ0v) is 9.12. The minimum Gasteiger partial charge on any atom is -0.360 e. The van der Waals surface area contributed by atoms with Crippen molar-refractivity contribution < 1.29 is 14.1 Å². The summed E-state index contributed by atoms with van der Waals surface area (Å²) < 4.78 is 4.82. The van der Waals surface area contributed by atoms with E-state index < -0.39 is 5.54 Å². The molecule has 0 aliphatic carbocycles. The molecule has 5 heteroatoms. The monoisotopic (exact) mass is 208 g/mol. The molecule has 2 heterocycles. The Kier molecular flexibility index (Phi) is 1.77. The molecule has 0 aromatic carbocycles. The Morgan fingerprint density at radius 2 is 1.80 bits per heavy atom. The lowest BCUT2D eigenvalue weighted by Gasteiger charge is -2.29. The number of rotatable bonds is 0. The highest BCUT2D eigenvalue weighted by Gasteiger charge is 2.45. The Hall–Kier alpha value is -1.65. The van der Waals surface area contributed by atoms with Gasteiger partial charge < -0.3 is 4.52 Å². The van der Waals surface area contributed by atoms with Gasteiger partial charge in [-0.1, -0.05) is 5.16 Å². The summed E-state index contributed by atoms with van der Waals surface area (Å²) >= 11 is 0. The molecule has 0 bridgehead atoms. The molecule has 0 atom stereocenters. The van der Waals surface area contributed by atoms with Crippen molar-refractivity contribution in [3.05, 3.63) is 17.0 Å². The standard InChI is InChI=1S/C10H12N2O3/c1-5-6-7(11-15-5)9(14)12(8(6)13)10(2,3)4/h1-4H3. The fourth-order valence-corrected chi connectivity index (χ4v) is 1.69. The lowest BCUT2D eigenvalue weighted by atomic mass is 10.1. The number of hydrogen-bond acceptors (Lipinski definition) is 4. The van der Waals surface area contributed by atoms with Crippen LogP contribution in [0.2, 0.25) is 0 Å². The number of fused-ring (bicyclic) bond motifs is 1. The molecular formula is C10H12N2O3. The number of carbonyl (C=O) groups is 2. The Bertz CT molecular complexity index is 454. The molecule has 0 unspecified atom stereocenters. The van der Waals surface area contributed by atoms with Crippen LogP contribution in [0.15, 0.2) is 4.52 Å². The lowest BCUT2D eigenvalue weighted by Crippen LogP contribution is -2.45. The van der Waals surface area contributed by atoms with Crippen LogP contribution >= 0.6 is 0 Å². The van der Waals surface area contributed by atoms with Crippen molar-refractivity contribution in [3.8, 4) is 0 Å². The molecule has 0 spiro atoms. The highest BCUT2D eigenvalue weighted by molar-refractivity contribution is 6.21. The van der Waals surface area contributed by atoms with Crippen molar-refractivity contribution in [2.24, 2.45) is 0 Å². The molecule has 2 rings (SSSR count). The van der Waals surface area contributed by atoms with Crippen molar-refractivity contribution in [1.82, 2.24) is 10.1 Å². The van der Waals surface area contributed by atoms with Gasteiger partial charge in [-0.2, -0.15) is 0 Å². The van der Waals surface area contributed by atoms with Gasteiger partial charge in [0.2, 0.25) is 0 Å². The van der Waals surface area contributed by atoms with Gasteiger partial charge in [0.1, 0.15) is 11.3 Å². The second-order valence-electron chi connectivity index (χ2n) is 4.58. The molecule has 2 amide bonds. The van der Waals surface area contributed by atoms with Gasteiger partial charge in [-0.15, -0.1) is 0 Å². The van der Waals surface area contributed by atoms with E-state index >= 15 is 0 Å². The minimum absolute atomic E-state index is 0.132. The van der Waals surface area contributed by atoms with Crippen LogP contribution < -0.4 is 0 Å². The predicted molar refractivity (Wildman–Crippen MR) is 51.5 cm³/mol. The summed E-state index contributed by atoms with van der Waals surface area (Å²) in [5.41, 5.74) is -0.101. The van der Waals surface area contributed by atoms with Gasteiger partial charge >= 0.3 is 0 Å². The van der Waals surface area contributed by atoms with Crippen LogP contribution in [0.5, 0.6) is 0 Å². The summed E-state index contributed by atoms with van der Waals surface area (Å²) in [6.45, 7) is 7.05. The normalized spacial score (nSPS) is 16.1. The van der Waals surface area contributed by atoms with Crippen molar-refractivity contribution in [1.29, 1.82) is 0 Å². The number of nitrogens with zero attached hydrogens (tertiary/aromatic N) is 2. The fraction of sp³-hybridized carbons (Fsp3) is 0.500. The van der Waals surface area contributed by atoms with Crippen LogP contribution in [0.25, 0.3) is 0 Å². The third-order valence-electron chi connectivity index (χ3n) is 2.36. The summed E-state index contributed by atoms with van der Waals surface area (Å²) in [4.78, 5) is 25.0. The molecule has 0 saturated heterocycles. The minimum atomic E-state index is -0.533. The van der Waals surface area contributed by atoms with Crippen LogP contribution in [0.4, 0.5) is 0 Å². The average molecular weight is 208 g/mol. The van der Waals surface area contributed by atoms with E-state index in [-0.39, 0.29) is 17.5 Å². The van der Waals surface area contributed by atoms with Gasteiger partial charge in [0.15, 0.2) is 5.69 Å². The largest absolute Gasteiger partial charge is 0.360 e. The summed E-state index contributed by atoms with van der Waals surface area (Å²) in [6, 6.07) is 0. The maximum Gasteiger partial charge on any atom is 0.284 e. The highest BCUT2D eigenvalue weighted by Crippen LogP contribution is 2.30.